The summed E-state index contributed by atoms with van der Waals surface area (Å²) in [6.45, 7) is 2.08. The van der Waals surface area contributed by atoms with Gasteiger partial charge in [-0.15, -0.1) is 0 Å². The molecule has 21 heavy (non-hydrogen) atoms. The number of anilines is 1. The van der Waals surface area contributed by atoms with Crippen LogP contribution in [0.2, 0.25) is 0 Å². The first-order valence-electron chi connectivity index (χ1n) is 6.75. The maximum absolute atomic E-state index is 13.1. The summed E-state index contributed by atoms with van der Waals surface area (Å²) in [4.78, 5) is 15.9. The summed E-state index contributed by atoms with van der Waals surface area (Å²) >= 11 is 6.36. The second kappa shape index (κ2) is 7.42. The zero-order valence-electron chi connectivity index (χ0n) is 11.6. The van der Waals surface area contributed by atoms with Gasteiger partial charge in [0.25, 0.3) is 0 Å². The summed E-state index contributed by atoms with van der Waals surface area (Å²) in [6, 6.07) is 4.39. The van der Waals surface area contributed by atoms with Gasteiger partial charge in [-0.1, -0.05) is 31.1 Å². The van der Waals surface area contributed by atoms with E-state index in [9.17, 15) is 9.18 Å². The molecule has 0 saturated carbocycles. The Kier molecular flexibility index (Phi) is 5.58. The molecule has 2 N–H and O–H groups in total. The van der Waals surface area contributed by atoms with Crippen LogP contribution in [0.5, 0.6) is 0 Å². The lowest BCUT2D eigenvalue weighted by Gasteiger charge is -2.06. The molecule has 0 fully saturated rings. The summed E-state index contributed by atoms with van der Waals surface area (Å²) in [5.74, 6) is -0.405. The number of amides is 1. The zero-order valence-corrected chi connectivity index (χ0v) is 13.2. The number of benzene rings is 1. The molecule has 1 aromatic carbocycles. The molecule has 0 unspecified atom stereocenters. The molecule has 2 rings (SSSR count). The van der Waals surface area contributed by atoms with Crippen molar-refractivity contribution in [2.75, 3.05) is 5.32 Å². The van der Waals surface area contributed by atoms with Gasteiger partial charge in [0.2, 0.25) is 5.91 Å². The monoisotopic (exact) mass is 325 g/mol. The minimum absolute atomic E-state index is 0.104. The van der Waals surface area contributed by atoms with Crippen molar-refractivity contribution >= 4 is 49.9 Å². The van der Waals surface area contributed by atoms with Crippen LogP contribution in [-0.4, -0.2) is 16.0 Å². The Morgan fingerprint density at radius 1 is 1.43 bits per heavy atom. The number of rotatable bonds is 5. The number of hydrogen-bond donors (Lipinski definition) is 2. The number of fused-ring (bicyclic) bond motifs is 1. The quantitative estimate of drug-likeness (QED) is 0.648. The van der Waals surface area contributed by atoms with Gasteiger partial charge in [-0.2, -0.15) is 0 Å². The first-order valence-corrected chi connectivity index (χ1v) is 7.98. The average molecular weight is 325 g/mol. The number of aromatic nitrogens is 1. The minimum atomic E-state index is -0.301. The Morgan fingerprint density at radius 3 is 3.00 bits per heavy atom. The van der Waals surface area contributed by atoms with Gasteiger partial charge in [-0.25, -0.2) is 9.37 Å². The second-order valence-electron chi connectivity index (χ2n) is 4.59. The maximum Gasteiger partial charge on any atom is 0.226 e. The van der Waals surface area contributed by atoms with E-state index in [0.29, 0.717) is 17.1 Å². The number of thiazole rings is 1. The standard InChI is InChI=1S/C14H16FN3OS2/c1-2-3-4-5-12(19)17-13(20)18-14-16-10-7-6-9(15)8-11(10)21-14/h6-8H,2-5H2,1H3,(H2,16,17,18,19,20). The topological polar surface area (TPSA) is 54.0 Å². The zero-order chi connectivity index (χ0) is 15.2. The van der Waals surface area contributed by atoms with E-state index in [4.69, 9.17) is 12.2 Å². The molecule has 1 amide bonds. The van der Waals surface area contributed by atoms with Crippen molar-refractivity contribution in [3.63, 3.8) is 0 Å². The minimum Gasteiger partial charge on any atom is -0.308 e. The van der Waals surface area contributed by atoms with Crippen LogP contribution in [0.25, 0.3) is 10.2 Å². The van der Waals surface area contributed by atoms with E-state index in [1.165, 1.54) is 23.5 Å². The Labute approximate surface area is 131 Å². The summed E-state index contributed by atoms with van der Waals surface area (Å²) in [6.07, 6.45) is 3.40. The highest BCUT2D eigenvalue weighted by atomic mass is 32.1. The smallest absolute Gasteiger partial charge is 0.226 e. The number of carbonyl (C=O) groups is 1. The highest BCUT2D eigenvalue weighted by molar-refractivity contribution is 7.80. The number of thiocarbonyl (C=S) groups is 1. The molecule has 4 nitrogen and oxygen atoms in total. The largest absolute Gasteiger partial charge is 0.308 e. The second-order valence-corrected chi connectivity index (χ2v) is 6.03. The van der Waals surface area contributed by atoms with E-state index >= 15 is 0 Å². The lowest BCUT2D eigenvalue weighted by molar-refractivity contribution is -0.119. The van der Waals surface area contributed by atoms with Gasteiger partial charge in [0.15, 0.2) is 10.2 Å². The first kappa shape index (κ1) is 15.8. The molecule has 0 bridgehead atoms. The van der Waals surface area contributed by atoms with Gasteiger partial charge in [0.05, 0.1) is 10.2 Å². The van der Waals surface area contributed by atoms with Crippen LogP contribution in [0, 0.1) is 5.82 Å². The predicted molar refractivity (Wildman–Crippen MR) is 88.1 cm³/mol. The Balaban J connectivity index is 1.90. The number of hydrogen-bond acceptors (Lipinski definition) is 4. The van der Waals surface area contributed by atoms with Crippen LogP contribution in [0.3, 0.4) is 0 Å². The van der Waals surface area contributed by atoms with E-state index in [-0.39, 0.29) is 16.8 Å². The Hall–Kier alpha value is -1.60. The molecule has 0 radical (unpaired) electrons. The molecule has 0 aliphatic carbocycles. The third kappa shape index (κ3) is 4.71. The lowest BCUT2D eigenvalue weighted by Crippen LogP contribution is -2.33. The van der Waals surface area contributed by atoms with Gasteiger partial charge in [-0.3, -0.25) is 4.79 Å². The van der Waals surface area contributed by atoms with E-state index in [0.717, 1.165) is 24.0 Å². The van der Waals surface area contributed by atoms with Crippen molar-refractivity contribution in [3.8, 4) is 0 Å². The van der Waals surface area contributed by atoms with Gasteiger partial charge in [-0.05, 0) is 36.8 Å². The highest BCUT2D eigenvalue weighted by Crippen LogP contribution is 2.26. The van der Waals surface area contributed by atoms with Crippen molar-refractivity contribution in [1.82, 2.24) is 10.3 Å². The van der Waals surface area contributed by atoms with Crippen LogP contribution in [0.15, 0.2) is 18.2 Å². The first-order chi connectivity index (χ1) is 10.1. The maximum atomic E-state index is 13.1. The number of nitrogens with one attached hydrogen (secondary N) is 2. The molecular weight excluding hydrogens is 309 g/mol. The summed E-state index contributed by atoms with van der Waals surface area (Å²) in [5.41, 5.74) is 0.695. The molecule has 1 aromatic heterocycles. The molecule has 7 heteroatoms. The number of carbonyl (C=O) groups excluding carboxylic acids is 1. The third-order valence-corrected chi connectivity index (χ3v) is 3.97. The summed E-state index contributed by atoms with van der Waals surface area (Å²) in [5, 5.41) is 6.23. The Morgan fingerprint density at radius 2 is 2.24 bits per heavy atom. The molecule has 0 saturated heterocycles. The number of halogens is 1. The summed E-state index contributed by atoms with van der Waals surface area (Å²) in [7, 11) is 0. The van der Waals surface area contributed by atoms with Crippen molar-refractivity contribution in [2.45, 2.75) is 32.6 Å². The SMILES string of the molecule is CCCCCC(=O)NC(=S)Nc1nc2ccc(F)cc2s1. The molecular formula is C14H16FN3OS2. The normalized spacial score (nSPS) is 10.6. The molecule has 0 atom stereocenters. The van der Waals surface area contributed by atoms with Gasteiger partial charge < -0.3 is 10.6 Å². The molecule has 112 valence electrons. The van der Waals surface area contributed by atoms with Gasteiger partial charge in [0.1, 0.15) is 5.82 Å². The number of nitrogens with zero attached hydrogens (tertiary/aromatic N) is 1. The molecule has 2 aromatic rings. The van der Waals surface area contributed by atoms with E-state index < -0.39 is 0 Å². The van der Waals surface area contributed by atoms with Crippen molar-refractivity contribution < 1.29 is 9.18 Å². The van der Waals surface area contributed by atoms with Crippen molar-refractivity contribution in [1.29, 1.82) is 0 Å². The van der Waals surface area contributed by atoms with Crippen LogP contribution in [-0.2, 0) is 4.79 Å². The van der Waals surface area contributed by atoms with Crippen LogP contribution in [0.4, 0.5) is 9.52 Å². The van der Waals surface area contributed by atoms with E-state index in [1.807, 2.05) is 0 Å². The fraction of sp³-hybridized carbons (Fsp3) is 0.357. The lowest BCUT2D eigenvalue weighted by atomic mass is 10.2. The average Bonchev–Trinajstić information content (AvgIpc) is 2.79. The van der Waals surface area contributed by atoms with Crippen LogP contribution >= 0.6 is 23.6 Å². The molecule has 0 aliphatic heterocycles. The van der Waals surface area contributed by atoms with Gasteiger partial charge >= 0.3 is 0 Å². The molecule has 1 heterocycles. The van der Waals surface area contributed by atoms with Crippen molar-refractivity contribution in [2.24, 2.45) is 0 Å². The third-order valence-electron chi connectivity index (χ3n) is 2.83. The van der Waals surface area contributed by atoms with Gasteiger partial charge in [0, 0.05) is 6.42 Å². The predicted octanol–water partition coefficient (Wildman–Crippen LogP) is 3.83. The number of unbranched alkanes of at least 4 members (excludes halogenated alkanes) is 2. The molecule has 0 spiro atoms. The van der Waals surface area contributed by atoms with Crippen LogP contribution < -0.4 is 10.6 Å². The summed E-state index contributed by atoms with van der Waals surface area (Å²) < 4.78 is 13.8. The van der Waals surface area contributed by atoms with Crippen LogP contribution in [0.1, 0.15) is 32.6 Å². The fourth-order valence-electron chi connectivity index (χ4n) is 1.80. The Bertz CT molecular complexity index is 657. The highest BCUT2D eigenvalue weighted by Gasteiger charge is 2.08. The van der Waals surface area contributed by atoms with E-state index in [2.05, 4.69) is 22.5 Å². The van der Waals surface area contributed by atoms with Crippen molar-refractivity contribution in [3.05, 3.63) is 24.0 Å². The molecule has 0 aliphatic rings. The van der Waals surface area contributed by atoms with E-state index in [1.54, 1.807) is 6.07 Å². The fourth-order valence-corrected chi connectivity index (χ4v) is 2.98.